The van der Waals surface area contributed by atoms with Gasteiger partial charge in [-0.1, -0.05) is 23.2 Å². The number of carbonyl (C=O) groups is 1. The Morgan fingerprint density at radius 2 is 2.21 bits per heavy atom. The number of carbonyl (C=O) groups excluding carboxylic acids is 1. The molecule has 2 heterocycles. The second-order valence-electron chi connectivity index (χ2n) is 4.06. The van der Waals surface area contributed by atoms with E-state index in [0.29, 0.717) is 16.5 Å². The molecule has 0 aliphatic rings. The Morgan fingerprint density at radius 3 is 2.84 bits per heavy atom. The molecule has 0 aliphatic carbocycles. The Kier molecular flexibility index (Phi) is 4.12. The number of aromatic nitrogens is 2. The minimum absolute atomic E-state index is 0.188. The Hall–Kier alpha value is -1.52. The number of nitrogens with one attached hydrogen (secondary N) is 1. The summed E-state index contributed by atoms with van der Waals surface area (Å²) in [5.41, 5.74) is 1.83. The number of anilines is 1. The highest BCUT2D eigenvalue weighted by Gasteiger charge is 2.14. The van der Waals surface area contributed by atoms with Gasteiger partial charge in [-0.2, -0.15) is 0 Å². The van der Waals surface area contributed by atoms with Crippen LogP contribution < -0.4 is 5.32 Å². The molecule has 2 aromatic rings. The number of aryl methyl sites for hydroxylation is 2. The summed E-state index contributed by atoms with van der Waals surface area (Å²) < 4.78 is 1.85. The van der Waals surface area contributed by atoms with Crippen LogP contribution in [-0.4, -0.2) is 15.5 Å². The molecule has 19 heavy (non-hydrogen) atoms. The van der Waals surface area contributed by atoms with Crippen molar-refractivity contribution < 1.29 is 4.79 Å². The predicted octanol–water partition coefficient (Wildman–Crippen LogP) is 3.77. The molecule has 4 nitrogen and oxygen atoms in total. The van der Waals surface area contributed by atoms with Crippen LogP contribution in [0.1, 0.15) is 23.0 Å². The predicted molar refractivity (Wildman–Crippen MR) is 77.1 cm³/mol. The first-order valence-corrected chi connectivity index (χ1v) is 6.57. The Labute approximate surface area is 121 Å². The van der Waals surface area contributed by atoms with E-state index in [2.05, 4.69) is 10.3 Å². The normalized spacial score (nSPS) is 10.5. The van der Waals surface area contributed by atoms with Gasteiger partial charge in [0.1, 0.15) is 10.8 Å². The molecule has 0 unspecified atom stereocenters. The number of amides is 1. The lowest BCUT2D eigenvalue weighted by Gasteiger charge is -2.11. The lowest BCUT2D eigenvalue weighted by molar-refractivity contribution is 0.101. The lowest BCUT2D eigenvalue weighted by atomic mass is 10.2. The van der Waals surface area contributed by atoms with Crippen molar-refractivity contribution in [2.75, 3.05) is 5.32 Å². The lowest BCUT2D eigenvalue weighted by Crippen LogP contribution is -2.17. The van der Waals surface area contributed by atoms with E-state index in [9.17, 15) is 4.79 Å². The minimum atomic E-state index is -0.221. The monoisotopic (exact) mass is 297 g/mol. The molecule has 0 radical (unpaired) electrons. The molecule has 0 bridgehead atoms. The third kappa shape index (κ3) is 2.91. The van der Waals surface area contributed by atoms with Gasteiger partial charge < -0.3 is 9.88 Å². The standard InChI is InChI=1S/C13H13Cl2N3O/c1-3-18-6-4-5-9(18)13(19)17-11-8(2)7-10(14)16-12(11)15/h4-7H,3H2,1-2H3,(H,17,19). The van der Waals surface area contributed by atoms with Gasteiger partial charge in [-0.05, 0) is 37.6 Å². The van der Waals surface area contributed by atoms with E-state index in [1.807, 2.05) is 30.7 Å². The summed E-state index contributed by atoms with van der Waals surface area (Å²) in [6.45, 7) is 4.51. The highest BCUT2D eigenvalue weighted by Crippen LogP contribution is 2.26. The summed E-state index contributed by atoms with van der Waals surface area (Å²) in [4.78, 5) is 16.1. The zero-order chi connectivity index (χ0) is 14.0. The van der Waals surface area contributed by atoms with E-state index < -0.39 is 0 Å². The van der Waals surface area contributed by atoms with Gasteiger partial charge in [0.2, 0.25) is 0 Å². The molecule has 1 amide bonds. The molecule has 100 valence electrons. The first-order chi connectivity index (χ1) is 9.02. The molecule has 0 aliphatic heterocycles. The van der Waals surface area contributed by atoms with Crippen LogP contribution in [0.2, 0.25) is 10.3 Å². The fraction of sp³-hybridized carbons (Fsp3) is 0.231. The summed E-state index contributed by atoms with van der Waals surface area (Å²) in [7, 11) is 0. The van der Waals surface area contributed by atoms with Crippen molar-refractivity contribution in [1.29, 1.82) is 0 Å². The van der Waals surface area contributed by atoms with Gasteiger partial charge in [0.25, 0.3) is 5.91 Å². The Balaban J connectivity index is 2.29. The van der Waals surface area contributed by atoms with Gasteiger partial charge in [-0.3, -0.25) is 4.79 Å². The van der Waals surface area contributed by atoms with Crippen molar-refractivity contribution in [2.45, 2.75) is 20.4 Å². The van der Waals surface area contributed by atoms with Crippen LogP contribution in [-0.2, 0) is 6.54 Å². The number of rotatable bonds is 3. The average Bonchev–Trinajstić information content (AvgIpc) is 2.81. The molecule has 0 aromatic carbocycles. The summed E-state index contributed by atoms with van der Waals surface area (Å²) in [6.07, 6.45) is 1.85. The number of hydrogen-bond donors (Lipinski definition) is 1. The summed E-state index contributed by atoms with van der Waals surface area (Å²) in [5, 5.41) is 3.26. The second kappa shape index (κ2) is 5.63. The van der Waals surface area contributed by atoms with Crippen LogP contribution in [0.25, 0.3) is 0 Å². The zero-order valence-electron chi connectivity index (χ0n) is 10.6. The van der Waals surface area contributed by atoms with Crippen LogP contribution in [0.4, 0.5) is 5.69 Å². The quantitative estimate of drug-likeness (QED) is 0.877. The van der Waals surface area contributed by atoms with Gasteiger partial charge in [-0.25, -0.2) is 4.98 Å². The molecule has 0 saturated carbocycles. The summed E-state index contributed by atoms with van der Waals surface area (Å²) in [6, 6.07) is 5.24. The smallest absolute Gasteiger partial charge is 0.272 e. The highest BCUT2D eigenvalue weighted by molar-refractivity contribution is 6.35. The molecule has 2 aromatic heterocycles. The van der Waals surface area contributed by atoms with Gasteiger partial charge in [0.15, 0.2) is 5.15 Å². The van der Waals surface area contributed by atoms with Gasteiger partial charge in [0, 0.05) is 12.7 Å². The van der Waals surface area contributed by atoms with Crippen molar-refractivity contribution in [3.63, 3.8) is 0 Å². The molecule has 0 saturated heterocycles. The van der Waals surface area contributed by atoms with E-state index in [-0.39, 0.29) is 11.1 Å². The molecule has 0 spiro atoms. The van der Waals surface area contributed by atoms with Crippen LogP contribution >= 0.6 is 23.2 Å². The first-order valence-electron chi connectivity index (χ1n) is 5.82. The second-order valence-corrected chi connectivity index (χ2v) is 4.81. The van der Waals surface area contributed by atoms with Crippen LogP contribution in [0.5, 0.6) is 0 Å². The molecule has 2 rings (SSSR count). The van der Waals surface area contributed by atoms with Gasteiger partial charge >= 0.3 is 0 Å². The maximum Gasteiger partial charge on any atom is 0.272 e. The number of halogens is 2. The Morgan fingerprint density at radius 1 is 1.47 bits per heavy atom. The SMILES string of the molecule is CCn1cccc1C(=O)Nc1c(C)cc(Cl)nc1Cl. The van der Waals surface area contributed by atoms with Crippen molar-refractivity contribution >= 4 is 34.8 Å². The maximum atomic E-state index is 12.2. The molecule has 1 N–H and O–H groups in total. The van der Waals surface area contributed by atoms with Gasteiger partial charge in [0.05, 0.1) is 5.69 Å². The van der Waals surface area contributed by atoms with E-state index in [1.54, 1.807) is 12.1 Å². The molecule has 6 heteroatoms. The topological polar surface area (TPSA) is 46.9 Å². The van der Waals surface area contributed by atoms with Crippen molar-refractivity contribution in [3.05, 3.63) is 46.0 Å². The fourth-order valence-electron chi connectivity index (χ4n) is 1.82. The van der Waals surface area contributed by atoms with Gasteiger partial charge in [-0.15, -0.1) is 0 Å². The summed E-state index contributed by atoms with van der Waals surface area (Å²) >= 11 is 11.8. The molecule has 0 fully saturated rings. The van der Waals surface area contributed by atoms with E-state index in [0.717, 1.165) is 12.1 Å². The largest absolute Gasteiger partial charge is 0.344 e. The molecule has 0 atom stereocenters. The average molecular weight is 298 g/mol. The first kappa shape index (κ1) is 13.9. The Bertz CT molecular complexity index is 599. The number of nitrogens with zero attached hydrogens (tertiary/aromatic N) is 2. The number of hydrogen-bond acceptors (Lipinski definition) is 2. The summed E-state index contributed by atoms with van der Waals surface area (Å²) in [5.74, 6) is -0.221. The highest BCUT2D eigenvalue weighted by atomic mass is 35.5. The zero-order valence-corrected chi connectivity index (χ0v) is 12.1. The van der Waals surface area contributed by atoms with Crippen molar-refractivity contribution in [2.24, 2.45) is 0 Å². The van der Waals surface area contributed by atoms with E-state index in [1.165, 1.54) is 0 Å². The third-order valence-electron chi connectivity index (χ3n) is 2.78. The van der Waals surface area contributed by atoms with E-state index >= 15 is 0 Å². The molecular weight excluding hydrogens is 285 g/mol. The van der Waals surface area contributed by atoms with Crippen LogP contribution in [0.3, 0.4) is 0 Å². The minimum Gasteiger partial charge on any atom is -0.344 e. The van der Waals surface area contributed by atoms with Crippen LogP contribution in [0, 0.1) is 6.92 Å². The fourth-order valence-corrected chi connectivity index (χ4v) is 2.40. The van der Waals surface area contributed by atoms with Crippen molar-refractivity contribution in [1.82, 2.24) is 9.55 Å². The maximum absolute atomic E-state index is 12.2. The number of pyridine rings is 1. The molecular formula is C13H13Cl2N3O. The van der Waals surface area contributed by atoms with Crippen molar-refractivity contribution in [3.8, 4) is 0 Å². The van der Waals surface area contributed by atoms with Crippen LogP contribution in [0.15, 0.2) is 24.4 Å². The third-order valence-corrected chi connectivity index (χ3v) is 3.25. The van der Waals surface area contributed by atoms with E-state index in [4.69, 9.17) is 23.2 Å².